The summed E-state index contributed by atoms with van der Waals surface area (Å²) in [6, 6.07) is 0. The lowest BCUT2D eigenvalue weighted by molar-refractivity contribution is 0.0948. The van der Waals surface area contributed by atoms with E-state index in [0.717, 1.165) is 13.0 Å². The molecule has 0 aliphatic heterocycles. The molecule has 0 atom stereocenters. The van der Waals surface area contributed by atoms with Crippen LogP contribution in [0.25, 0.3) is 0 Å². The third-order valence-corrected chi connectivity index (χ3v) is 2.75. The molecule has 2 heterocycles. The molecule has 0 saturated carbocycles. The molecule has 0 aliphatic carbocycles. The fourth-order valence-corrected chi connectivity index (χ4v) is 1.82. The van der Waals surface area contributed by atoms with Gasteiger partial charge in [0.15, 0.2) is 5.13 Å². The topological polar surface area (TPSA) is 98.7 Å². The van der Waals surface area contributed by atoms with Gasteiger partial charge in [-0.05, 0) is 6.42 Å². The second-order valence-corrected chi connectivity index (χ2v) is 4.24. The maximum Gasteiger partial charge on any atom is 0.270 e. The highest BCUT2D eigenvalue weighted by molar-refractivity contribution is 7.13. The summed E-state index contributed by atoms with van der Waals surface area (Å²) in [6.07, 6.45) is 4.19. The van der Waals surface area contributed by atoms with Crippen LogP contribution in [0.3, 0.4) is 0 Å². The van der Waals surface area contributed by atoms with E-state index in [4.69, 9.17) is 5.73 Å². The minimum Gasteiger partial charge on any atom is -0.375 e. The van der Waals surface area contributed by atoms with Gasteiger partial charge in [-0.1, -0.05) is 5.21 Å². The van der Waals surface area contributed by atoms with Crippen molar-refractivity contribution < 1.29 is 4.79 Å². The molecule has 0 bridgehead atoms. The van der Waals surface area contributed by atoms with Gasteiger partial charge in [0.2, 0.25) is 0 Å². The van der Waals surface area contributed by atoms with Gasteiger partial charge in [-0.3, -0.25) is 9.48 Å². The van der Waals surface area contributed by atoms with Gasteiger partial charge in [-0.15, -0.1) is 16.4 Å². The number of thiazole rings is 1. The van der Waals surface area contributed by atoms with Crippen LogP contribution >= 0.6 is 11.3 Å². The molecule has 0 radical (unpaired) electrons. The summed E-state index contributed by atoms with van der Waals surface area (Å²) in [5.74, 6) is -0.198. The number of carbonyl (C=O) groups excluding carboxylic acids is 1. The van der Waals surface area contributed by atoms with Crippen LogP contribution in [0, 0.1) is 0 Å². The molecule has 0 aromatic carbocycles. The Bertz CT molecular complexity index is 479. The minimum atomic E-state index is -0.198. The molecular formula is C9H12N6OS. The van der Waals surface area contributed by atoms with Crippen molar-refractivity contribution >= 4 is 22.4 Å². The van der Waals surface area contributed by atoms with Crippen molar-refractivity contribution in [3.05, 3.63) is 23.5 Å². The molecule has 0 fully saturated rings. The van der Waals surface area contributed by atoms with Crippen LogP contribution in [-0.2, 0) is 6.54 Å². The molecule has 3 N–H and O–H groups in total. The Morgan fingerprint density at radius 2 is 2.47 bits per heavy atom. The highest BCUT2D eigenvalue weighted by Crippen LogP contribution is 2.10. The maximum atomic E-state index is 11.6. The lowest BCUT2D eigenvalue weighted by Gasteiger charge is -2.02. The van der Waals surface area contributed by atoms with E-state index in [0.29, 0.717) is 17.4 Å². The van der Waals surface area contributed by atoms with Gasteiger partial charge >= 0.3 is 0 Å². The molecule has 2 rings (SSSR count). The Morgan fingerprint density at radius 3 is 3.12 bits per heavy atom. The molecule has 0 spiro atoms. The quantitative estimate of drug-likeness (QED) is 0.737. The summed E-state index contributed by atoms with van der Waals surface area (Å²) in [7, 11) is 0. The molecule has 0 saturated heterocycles. The monoisotopic (exact) mass is 252 g/mol. The van der Waals surface area contributed by atoms with E-state index in [1.807, 2.05) is 0 Å². The Balaban J connectivity index is 1.70. The van der Waals surface area contributed by atoms with Crippen LogP contribution in [0.4, 0.5) is 5.13 Å². The third kappa shape index (κ3) is 3.25. The highest BCUT2D eigenvalue weighted by atomic mass is 32.1. The SMILES string of the molecule is Nc1nc(C(=O)NCCCn2ccnn2)cs1. The van der Waals surface area contributed by atoms with Crippen LogP contribution in [0.2, 0.25) is 0 Å². The summed E-state index contributed by atoms with van der Waals surface area (Å²) >= 11 is 1.25. The summed E-state index contributed by atoms with van der Waals surface area (Å²) in [6.45, 7) is 1.29. The van der Waals surface area contributed by atoms with E-state index in [1.165, 1.54) is 11.3 Å². The molecule has 17 heavy (non-hydrogen) atoms. The van der Waals surface area contributed by atoms with Gasteiger partial charge < -0.3 is 11.1 Å². The number of amides is 1. The first-order valence-corrected chi connectivity index (χ1v) is 5.97. The molecule has 2 aromatic rings. The molecule has 1 amide bonds. The summed E-state index contributed by atoms with van der Waals surface area (Å²) in [5.41, 5.74) is 5.81. The Kier molecular flexibility index (Phi) is 3.66. The zero-order valence-corrected chi connectivity index (χ0v) is 9.85. The second-order valence-electron chi connectivity index (χ2n) is 3.35. The largest absolute Gasteiger partial charge is 0.375 e. The van der Waals surface area contributed by atoms with Crippen LogP contribution < -0.4 is 11.1 Å². The van der Waals surface area contributed by atoms with E-state index in [-0.39, 0.29) is 5.91 Å². The van der Waals surface area contributed by atoms with E-state index in [9.17, 15) is 4.79 Å². The molecule has 2 aromatic heterocycles. The number of anilines is 1. The smallest absolute Gasteiger partial charge is 0.270 e. The van der Waals surface area contributed by atoms with Gasteiger partial charge in [-0.2, -0.15) is 0 Å². The van der Waals surface area contributed by atoms with E-state index < -0.39 is 0 Å². The maximum absolute atomic E-state index is 11.6. The van der Waals surface area contributed by atoms with Gasteiger partial charge in [0.1, 0.15) is 5.69 Å². The number of hydrogen-bond acceptors (Lipinski definition) is 6. The Morgan fingerprint density at radius 1 is 1.59 bits per heavy atom. The normalized spacial score (nSPS) is 10.4. The van der Waals surface area contributed by atoms with Gasteiger partial charge in [0.05, 0.1) is 6.20 Å². The van der Waals surface area contributed by atoms with Gasteiger partial charge in [0.25, 0.3) is 5.91 Å². The van der Waals surface area contributed by atoms with Crippen molar-refractivity contribution in [2.24, 2.45) is 0 Å². The molecule has 7 nitrogen and oxygen atoms in total. The lowest BCUT2D eigenvalue weighted by Crippen LogP contribution is -2.25. The number of carbonyl (C=O) groups is 1. The molecule has 0 unspecified atom stereocenters. The Hall–Kier alpha value is -1.96. The van der Waals surface area contributed by atoms with Gasteiger partial charge in [0, 0.05) is 24.7 Å². The number of aromatic nitrogens is 4. The van der Waals surface area contributed by atoms with Crippen LogP contribution in [0.1, 0.15) is 16.9 Å². The standard InChI is InChI=1S/C9H12N6OS/c10-9-13-7(6-17-9)8(16)11-2-1-4-15-5-3-12-14-15/h3,5-6H,1-2,4H2,(H2,10,13)(H,11,16). The summed E-state index contributed by atoms with van der Waals surface area (Å²) < 4.78 is 1.72. The summed E-state index contributed by atoms with van der Waals surface area (Å²) in [4.78, 5) is 15.5. The van der Waals surface area contributed by atoms with Gasteiger partial charge in [-0.25, -0.2) is 4.98 Å². The number of nitrogens with zero attached hydrogens (tertiary/aromatic N) is 4. The predicted molar refractivity (Wildman–Crippen MR) is 63.5 cm³/mol. The number of aryl methyl sites for hydroxylation is 1. The minimum absolute atomic E-state index is 0.198. The number of rotatable bonds is 5. The first kappa shape index (κ1) is 11.5. The van der Waals surface area contributed by atoms with Crippen molar-refractivity contribution in [2.75, 3.05) is 12.3 Å². The van der Waals surface area contributed by atoms with Crippen molar-refractivity contribution in [3.63, 3.8) is 0 Å². The van der Waals surface area contributed by atoms with E-state index in [2.05, 4.69) is 20.6 Å². The zero-order valence-electron chi connectivity index (χ0n) is 9.04. The molecule has 8 heteroatoms. The molecular weight excluding hydrogens is 240 g/mol. The van der Waals surface area contributed by atoms with Crippen molar-refractivity contribution in [2.45, 2.75) is 13.0 Å². The molecule has 90 valence electrons. The first-order valence-electron chi connectivity index (χ1n) is 5.09. The van der Waals surface area contributed by atoms with Crippen LogP contribution in [0.15, 0.2) is 17.8 Å². The average Bonchev–Trinajstić information content (AvgIpc) is 2.95. The Labute approximate surface area is 102 Å². The van der Waals surface area contributed by atoms with E-state index in [1.54, 1.807) is 22.5 Å². The molecule has 0 aliphatic rings. The second kappa shape index (κ2) is 5.39. The van der Waals surface area contributed by atoms with Crippen molar-refractivity contribution in [1.29, 1.82) is 0 Å². The predicted octanol–water partition coefficient (Wildman–Crippen LogP) is 0.137. The fourth-order valence-electron chi connectivity index (χ4n) is 1.28. The average molecular weight is 252 g/mol. The summed E-state index contributed by atoms with van der Waals surface area (Å²) in [5, 5.41) is 12.3. The number of nitrogen functional groups attached to an aromatic ring is 1. The lowest BCUT2D eigenvalue weighted by atomic mass is 10.4. The van der Waals surface area contributed by atoms with Crippen LogP contribution in [0.5, 0.6) is 0 Å². The first-order chi connectivity index (χ1) is 8.25. The van der Waals surface area contributed by atoms with Crippen molar-refractivity contribution in [3.8, 4) is 0 Å². The highest BCUT2D eigenvalue weighted by Gasteiger charge is 2.08. The van der Waals surface area contributed by atoms with E-state index >= 15 is 0 Å². The van der Waals surface area contributed by atoms with Crippen molar-refractivity contribution in [1.82, 2.24) is 25.3 Å². The fraction of sp³-hybridized carbons (Fsp3) is 0.333. The number of hydrogen-bond donors (Lipinski definition) is 2. The van der Waals surface area contributed by atoms with Crippen LogP contribution in [-0.4, -0.2) is 32.4 Å². The number of nitrogens with two attached hydrogens (primary N) is 1. The number of nitrogens with one attached hydrogen (secondary N) is 1. The third-order valence-electron chi connectivity index (χ3n) is 2.08. The zero-order chi connectivity index (χ0) is 12.1.